The third-order valence-electron chi connectivity index (χ3n) is 2.43. The molecule has 0 saturated heterocycles. The third kappa shape index (κ3) is 3.69. The summed E-state index contributed by atoms with van der Waals surface area (Å²) in [7, 11) is 1.33. The largest absolute Gasteiger partial charge is 0.473 e. The fourth-order valence-electron chi connectivity index (χ4n) is 1.52. The Kier molecular flexibility index (Phi) is 4.36. The van der Waals surface area contributed by atoms with Crippen LogP contribution in [0.4, 0.5) is 0 Å². The Morgan fingerprint density at radius 3 is 2.89 bits per heavy atom. The highest BCUT2D eigenvalue weighted by Gasteiger charge is 2.07. The molecule has 98 valence electrons. The second kappa shape index (κ2) is 6.20. The van der Waals surface area contributed by atoms with Crippen LogP contribution in [0.25, 0.3) is 0 Å². The minimum absolute atomic E-state index is 0.332. The van der Waals surface area contributed by atoms with Gasteiger partial charge in [-0.15, -0.1) is 0 Å². The van der Waals surface area contributed by atoms with Gasteiger partial charge in [-0.05, 0) is 23.8 Å². The third-order valence-corrected chi connectivity index (χ3v) is 2.67. The fraction of sp³-hybridized carbons (Fsp3) is 0.143. The minimum atomic E-state index is -0.421. The first kappa shape index (κ1) is 13.4. The average Bonchev–Trinajstić information content (AvgIpc) is 2.45. The number of benzene rings is 1. The molecule has 4 nitrogen and oxygen atoms in total. The van der Waals surface area contributed by atoms with E-state index in [1.165, 1.54) is 19.4 Å². The van der Waals surface area contributed by atoms with Crippen molar-refractivity contribution in [2.24, 2.45) is 0 Å². The van der Waals surface area contributed by atoms with E-state index in [4.69, 9.17) is 16.3 Å². The summed E-state index contributed by atoms with van der Waals surface area (Å²) in [6, 6.07) is 10.5. The fourth-order valence-corrected chi connectivity index (χ4v) is 1.73. The predicted molar refractivity (Wildman–Crippen MR) is 71.4 cm³/mol. The van der Waals surface area contributed by atoms with Crippen LogP contribution in [0.15, 0.2) is 42.6 Å². The van der Waals surface area contributed by atoms with Gasteiger partial charge in [0.25, 0.3) is 0 Å². The van der Waals surface area contributed by atoms with E-state index in [2.05, 4.69) is 9.72 Å². The summed E-state index contributed by atoms with van der Waals surface area (Å²) in [6.07, 6.45) is 1.50. The number of carbonyl (C=O) groups is 1. The first-order valence-corrected chi connectivity index (χ1v) is 5.98. The van der Waals surface area contributed by atoms with Gasteiger partial charge in [0.1, 0.15) is 6.61 Å². The molecule has 0 spiro atoms. The maximum absolute atomic E-state index is 11.4. The summed E-state index contributed by atoms with van der Waals surface area (Å²) < 4.78 is 10.1. The Bertz CT molecular complexity index is 586. The van der Waals surface area contributed by atoms with Crippen LogP contribution < -0.4 is 4.74 Å². The highest BCUT2D eigenvalue weighted by atomic mass is 35.5. The van der Waals surface area contributed by atoms with E-state index in [9.17, 15) is 4.79 Å². The van der Waals surface area contributed by atoms with Crippen molar-refractivity contribution in [2.45, 2.75) is 6.61 Å². The van der Waals surface area contributed by atoms with Crippen LogP contribution in [0.1, 0.15) is 15.9 Å². The minimum Gasteiger partial charge on any atom is -0.473 e. The molecule has 0 aliphatic rings. The number of aromatic nitrogens is 1. The first-order valence-electron chi connectivity index (χ1n) is 5.60. The van der Waals surface area contributed by atoms with E-state index in [0.717, 1.165) is 5.56 Å². The van der Waals surface area contributed by atoms with Crippen molar-refractivity contribution in [1.29, 1.82) is 0 Å². The van der Waals surface area contributed by atoms with Crippen LogP contribution in [0.2, 0.25) is 5.02 Å². The number of hydrogen-bond acceptors (Lipinski definition) is 4. The van der Waals surface area contributed by atoms with Crippen molar-refractivity contribution >= 4 is 17.6 Å². The molecule has 0 bridgehead atoms. The molecule has 0 amide bonds. The molecule has 0 fully saturated rings. The SMILES string of the molecule is COC(=O)c1ccnc(OCc2cccc(Cl)c2)c1. The van der Waals surface area contributed by atoms with Gasteiger partial charge in [0.15, 0.2) is 0 Å². The average molecular weight is 278 g/mol. The molecule has 0 atom stereocenters. The maximum atomic E-state index is 11.4. The second-order valence-corrected chi connectivity index (χ2v) is 4.23. The number of methoxy groups -OCH3 is 1. The number of nitrogens with zero attached hydrogens (tertiary/aromatic N) is 1. The van der Waals surface area contributed by atoms with Crippen molar-refractivity contribution in [3.05, 3.63) is 58.7 Å². The molecule has 5 heteroatoms. The highest BCUT2D eigenvalue weighted by Crippen LogP contribution is 2.15. The van der Waals surface area contributed by atoms with Crippen molar-refractivity contribution in [3.8, 4) is 5.88 Å². The molecule has 0 aliphatic heterocycles. The Balaban J connectivity index is 2.05. The van der Waals surface area contributed by atoms with Crippen molar-refractivity contribution in [2.75, 3.05) is 7.11 Å². The van der Waals surface area contributed by atoms with Gasteiger partial charge < -0.3 is 9.47 Å². The molecular formula is C14H12ClNO3. The molecule has 0 aliphatic carbocycles. The van der Waals surface area contributed by atoms with Crippen LogP contribution in [0.5, 0.6) is 5.88 Å². The Morgan fingerprint density at radius 2 is 2.16 bits per heavy atom. The van der Waals surface area contributed by atoms with Crippen molar-refractivity contribution < 1.29 is 14.3 Å². The summed E-state index contributed by atoms with van der Waals surface area (Å²) in [4.78, 5) is 15.4. The predicted octanol–water partition coefficient (Wildman–Crippen LogP) is 3.10. The van der Waals surface area contributed by atoms with E-state index in [1.807, 2.05) is 18.2 Å². The zero-order valence-corrected chi connectivity index (χ0v) is 11.1. The molecule has 1 aromatic carbocycles. The number of rotatable bonds is 4. The van der Waals surface area contributed by atoms with E-state index in [1.54, 1.807) is 12.1 Å². The smallest absolute Gasteiger partial charge is 0.338 e. The molecule has 0 N–H and O–H groups in total. The van der Waals surface area contributed by atoms with Gasteiger partial charge in [0, 0.05) is 17.3 Å². The second-order valence-electron chi connectivity index (χ2n) is 3.79. The summed E-state index contributed by atoms with van der Waals surface area (Å²) in [5.74, 6) is -0.0575. The lowest BCUT2D eigenvalue weighted by molar-refractivity contribution is 0.0600. The normalized spacial score (nSPS) is 10.0. The van der Waals surface area contributed by atoms with Crippen LogP contribution >= 0.6 is 11.6 Å². The van der Waals surface area contributed by atoms with E-state index < -0.39 is 5.97 Å². The van der Waals surface area contributed by atoms with E-state index in [-0.39, 0.29) is 0 Å². The molecule has 0 saturated carbocycles. The van der Waals surface area contributed by atoms with Gasteiger partial charge in [-0.2, -0.15) is 0 Å². The lowest BCUT2D eigenvalue weighted by atomic mass is 10.2. The molecule has 19 heavy (non-hydrogen) atoms. The number of halogens is 1. The zero-order chi connectivity index (χ0) is 13.7. The van der Waals surface area contributed by atoms with Crippen molar-refractivity contribution in [3.63, 3.8) is 0 Å². The van der Waals surface area contributed by atoms with Crippen LogP contribution in [-0.4, -0.2) is 18.1 Å². The zero-order valence-electron chi connectivity index (χ0n) is 10.3. The van der Waals surface area contributed by atoms with Gasteiger partial charge in [-0.1, -0.05) is 23.7 Å². The number of ether oxygens (including phenoxy) is 2. The molecule has 2 rings (SSSR count). The number of esters is 1. The molecule has 0 radical (unpaired) electrons. The monoisotopic (exact) mass is 277 g/mol. The van der Waals surface area contributed by atoms with Gasteiger partial charge in [-0.3, -0.25) is 0 Å². The molecule has 0 unspecified atom stereocenters. The van der Waals surface area contributed by atoms with Gasteiger partial charge in [0.2, 0.25) is 5.88 Å². The van der Waals surface area contributed by atoms with Crippen molar-refractivity contribution in [1.82, 2.24) is 4.98 Å². The summed E-state index contributed by atoms with van der Waals surface area (Å²) >= 11 is 5.88. The lowest BCUT2D eigenvalue weighted by Crippen LogP contribution is -2.03. The van der Waals surface area contributed by atoms with Crippen LogP contribution in [0.3, 0.4) is 0 Å². The Labute approximate surface area is 115 Å². The highest BCUT2D eigenvalue weighted by molar-refractivity contribution is 6.30. The van der Waals surface area contributed by atoms with Crippen LogP contribution in [0, 0.1) is 0 Å². The topological polar surface area (TPSA) is 48.4 Å². The van der Waals surface area contributed by atoms with Gasteiger partial charge in [0.05, 0.1) is 12.7 Å². The van der Waals surface area contributed by atoms with Crippen LogP contribution in [-0.2, 0) is 11.3 Å². The summed E-state index contributed by atoms with van der Waals surface area (Å²) in [5.41, 5.74) is 1.33. The lowest BCUT2D eigenvalue weighted by Gasteiger charge is -2.06. The Hall–Kier alpha value is -2.07. The quantitative estimate of drug-likeness (QED) is 0.806. The van der Waals surface area contributed by atoms with E-state index >= 15 is 0 Å². The number of pyridine rings is 1. The maximum Gasteiger partial charge on any atom is 0.338 e. The summed E-state index contributed by atoms with van der Waals surface area (Å²) in [6.45, 7) is 0.332. The van der Waals surface area contributed by atoms with E-state index in [0.29, 0.717) is 23.1 Å². The number of carbonyl (C=O) groups excluding carboxylic acids is 1. The Morgan fingerprint density at radius 1 is 1.32 bits per heavy atom. The first-order chi connectivity index (χ1) is 9.19. The van der Waals surface area contributed by atoms with Gasteiger partial charge >= 0.3 is 5.97 Å². The number of hydrogen-bond donors (Lipinski definition) is 0. The molecule has 1 heterocycles. The summed E-state index contributed by atoms with van der Waals surface area (Å²) in [5, 5.41) is 0.650. The molecule has 2 aromatic rings. The van der Waals surface area contributed by atoms with Gasteiger partial charge in [-0.25, -0.2) is 9.78 Å². The standard InChI is InChI=1S/C14H12ClNO3/c1-18-14(17)11-5-6-16-13(8-11)19-9-10-3-2-4-12(15)7-10/h2-8H,9H2,1H3. The molecule has 1 aromatic heterocycles. The molecular weight excluding hydrogens is 266 g/mol.